The van der Waals surface area contributed by atoms with Crippen molar-refractivity contribution in [3.8, 4) is 5.75 Å². The number of hydrogen-bond acceptors (Lipinski definition) is 4. The van der Waals surface area contributed by atoms with E-state index in [-0.39, 0.29) is 11.4 Å². The predicted molar refractivity (Wildman–Crippen MR) is 85.3 cm³/mol. The van der Waals surface area contributed by atoms with Crippen molar-refractivity contribution in [1.82, 2.24) is 9.97 Å². The van der Waals surface area contributed by atoms with E-state index in [0.717, 1.165) is 0 Å². The second kappa shape index (κ2) is 6.61. The molecule has 22 heavy (non-hydrogen) atoms. The van der Waals surface area contributed by atoms with Gasteiger partial charge in [0.15, 0.2) is 6.10 Å². The van der Waals surface area contributed by atoms with Crippen molar-refractivity contribution in [2.75, 3.05) is 5.32 Å². The lowest BCUT2D eigenvalue weighted by Gasteiger charge is -2.15. The van der Waals surface area contributed by atoms with Crippen LogP contribution in [0.5, 0.6) is 5.75 Å². The predicted octanol–water partition coefficient (Wildman–Crippen LogP) is 1.54. The molecule has 0 radical (unpaired) electrons. The molecule has 0 spiro atoms. The molecule has 0 unspecified atom stereocenters. The summed E-state index contributed by atoms with van der Waals surface area (Å²) >= 11 is 3.32. The third-order valence-corrected chi connectivity index (χ3v) is 3.54. The molecule has 1 aromatic heterocycles. The fraction of sp³-hybridized carbons (Fsp3) is 0.214. The Kier molecular flexibility index (Phi) is 4.81. The summed E-state index contributed by atoms with van der Waals surface area (Å²) in [5.74, 6) is 0.00801. The lowest BCUT2D eigenvalue weighted by molar-refractivity contribution is -0.122. The number of halogens is 1. The van der Waals surface area contributed by atoms with Gasteiger partial charge in [-0.05, 0) is 41.9 Å². The second-order valence-corrected chi connectivity index (χ2v) is 5.44. The molecule has 0 fully saturated rings. The molecule has 1 amide bonds. The molecule has 1 aromatic carbocycles. The van der Waals surface area contributed by atoms with Gasteiger partial charge in [-0.25, -0.2) is 4.79 Å². The molecule has 3 N–H and O–H groups in total. The van der Waals surface area contributed by atoms with Gasteiger partial charge in [-0.15, -0.1) is 0 Å². The standard InChI is InChI=1S/C14H14BrN3O4/c1-7-11(13(20)18-14(21)16-7)17-12(19)8(2)22-10-6-4-3-5-9(10)15/h3-6,8H,1-2H3,(H,17,19)(H2,16,18,20,21)/t8-/m1/s1. The van der Waals surface area contributed by atoms with Gasteiger partial charge < -0.3 is 15.0 Å². The molecule has 8 heteroatoms. The number of H-pyrrole nitrogens is 2. The number of aromatic nitrogens is 2. The summed E-state index contributed by atoms with van der Waals surface area (Å²) in [5.41, 5.74) is -1.02. The van der Waals surface area contributed by atoms with Crippen LogP contribution in [-0.4, -0.2) is 22.0 Å². The van der Waals surface area contributed by atoms with Crippen LogP contribution in [-0.2, 0) is 4.79 Å². The number of hydrogen-bond donors (Lipinski definition) is 3. The highest BCUT2D eigenvalue weighted by atomic mass is 79.9. The smallest absolute Gasteiger partial charge is 0.326 e. The first-order valence-corrected chi connectivity index (χ1v) is 7.23. The minimum absolute atomic E-state index is 0.00724. The zero-order valence-corrected chi connectivity index (χ0v) is 13.5. The largest absolute Gasteiger partial charge is 0.480 e. The van der Waals surface area contributed by atoms with Gasteiger partial charge in [0.1, 0.15) is 11.4 Å². The van der Waals surface area contributed by atoms with E-state index < -0.39 is 23.3 Å². The molecule has 7 nitrogen and oxygen atoms in total. The van der Waals surface area contributed by atoms with E-state index in [1.165, 1.54) is 6.92 Å². The summed E-state index contributed by atoms with van der Waals surface area (Å²) in [7, 11) is 0. The molecule has 2 rings (SSSR count). The van der Waals surface area contributed by atoms with E-state index in [2.05, 4.69) is 31.2 Å². The Balaban J connectivity index is 2.14. The summed E-state index contributed by atoms with van der Waals surface area (Å²) in [6.07, 6.45) is -0.829. The van der Waals surface area contributed by atoms with Crippen molar-refractivity contribution in [2.45, 2.75) is 20.0 Å². The maximum atomic E-state index is 12.1. The van der Waals surface area contributed by atoms with Crippen LogP contribution < -0.4 is 21.3 Å². The van der Waals surface area contributed by atoms with Crippen molar-refractivity contribution in [3.63, 3.8) is 0 Å². The molecule has 116 valence electrons. The molecule has 0 aliphatic rings. The van der Waals surface area contributed by atoms with Gasteiger partial charge in [-0.2, -0.15) is 0 Å². The Labute approximate surface area is 133 Å². The van der Waals surface area contributed by atoms with E-state index in [0.29, 0.717) is 10.2 Å². The average molecular weight is 368 g/mol. The minimum Gasteiger partial charge on any atom is -0.480 e. The summed E-state index contributed by atoms with van der Waals surface area (Å²) in [6, 6.07) is 7.11. The van der Waals surface area contributed by atoms with Crippen LogP contribution in [0.3, 0.4) is 0 Å². The van der Waals surface area contributed by atoms with Crippen molar-refractivity contribution < 1.29 is 9.53 Å². The quantitative estimate of drug-likeness (QED) is 0.762. The fourth-order valence-electron chi connectivity index (χ4n) is 1.76. The molecule has 0 saturated heterocycles. The lowest BCUT2D eigenvalue weighted by atomic mass is 10.3. The molecule has 2 aromatic rings. The monoisotopic (exact) mass is 367 g/mol. The van der Waals surface area contributed by atoms with Crippen LogP contribution in [0.4, 0.5) is 5.69 Å². The van der Waals surface area contributed by atoms with Gasteiger partial charge in [0.25, 0.3) is 11.5 Å². The van der Waals surface area contributed by atoms with Crippen molar-refractivity contribution >= 4 is 27.5 Å². The third kappa shape index (κ3) is 3.64. The number of rotatable bonds is 4. The van der Waals surface area contributed by atoms with Crippen LogP contribution in [0.1, 0.15) is 12.6 Å². The maximum absolute atomic E-state index is 12.1. The highest BCUT2D eigenvalue weighted by Gasteiger charge is 2.18. The number of carbonyl (C=O) groups is 1. The van der Waals surface area contributed by atoms with Gasteiger partial charge in [0.05, 0.1) is 4.47 Å². The summed E-state index contributed by atoms with van der Waals surface area (Å²) in [6.45, 7) is 3.08. The third-order valence-electron chi connectivity index (χ3n) is 2.89. The first-order chi connectivity index (χ1) is 10.4. The zero-order valence-electron chi connectivity index (χ0n) is 11.9. The van der Waals surface area contributed by atoms with Gasteiger partial charge in [0, 0.05) is 5.69 Å². The van der Waals surface area contributed by atoms with Crippen LogP contribution in [0.25, 0.3) is 0 Å². The number of nitrogens with one attached hydrogen (secondary N) is 3. The van der Waals surface area contributed by atoms with E-state index in [4.69, 9.17) is 4.74 Å². The molecule has 0 bridgehead atoms. The van der Waals surface area contributed by atoms with Gasteiger partial charge in [-0.1, -0.05) is 12.1 Å². The highest BCUT2D eigenvalue weighted by molar-refractivity contribution is 9.10. The van der Waals surface area contributed by atoms with Crippen LogP contribution in [0, 0.1) is 6.92 Å². The summed E-state index contributed by atoms with van der Waals surface area (Å²) < 4.78 is 6.25. The number of benzene rings is 1. The number of carbonyl (C=O) groups excluding carboxylic acids is 1. The number of ether oxygens (including phenoxy) is 1. The summed E-state index contributed by atoms with van der Waals surface area (Å²) in [4.78, 5) is 39.4. The maximum Gasteiger partial charge on any atom is 0.326 e. The Hall–Kier alpha value is -2.35. The Morgan fingerprint density at radius 2 is 1.95 bits per heavy atom. The van der Waals surface area contributed by atoms with Crippen LogP contribution in [0.15, 0.2) is 38.3 Å². The molecular weight excluding hydrogens is 354 g/mol. The normalized spacial score (nSPS) is 11.8. The first kappa shape index (κ1) is 16.0. The zero-order chi connectivity index (χ0) is 16.3. The van der Waals surface area contributed by atoms with Gasteiger partial charge in [-0.3, -0.25) is 14.6 Å². The van der Waals surface area contributed by atoms with Gasteiger partial charge in [0.2, 0.25) is 0 Å². The molecule has 1 atom stereocenters. The highest BCUT2D eigenvalue weighted by Crippen LogP contribution is 2.24. The van der Waals surface area contributed by atoms with E-state index in [1.54, 1.807) is 25.1 Å². The molecule has 0 aliphatic carbocycles. The topological polar surface area (TPSA) is 104 Å². The van der Waals surface area contributed by atoms with Crippen LogP contribution in [0.2, 0.25) is 0 Å². The number of para-hydroxylation sites is 1. The Bertz CT molecular complexity index is 812. The van der Waals surface area contributed by atoms with Crippen molar-refractivity contribution in [2.24, 2.45) is 0 Å². The average Bonchev–Trinajstić information content (AvgIpc) is 2.45. The number of anilines is 1. The first-order valence-electron chi connectivity index (χ1n) is 6.43. The molecular formula is C14H14BrN3O4. The Morgan fingerprint density at radius 3 is 2.59 bits per heavy atom. The number of amides is 1. The number of aromatic amines is 2. The number of aryl methyl sites for hydroxylation is 1. The lowest BCUT2D eigenvalue weighted by Crippen LogP contribution is -2.34. The van der Waals surface area contributed by atoms with E-state index in [9.17, 15) is 14.4 Å². The van der Waals surface area contributed by atoms with Crippen molar-refractivity contribution in [3.05, 3.63) is 55.3 Å². The Morgan fingerprint density at radius 1 is 1.27 bits per heavy atom. The molecule has 1 heterocycles. The van der Waals surface area contributed by atoms with Gasteiger partial charge >= 0.3 is 5.69 Å². The van der Waals surface area contributed by atoms with E-state index >= 15 is 0 Å². The molecule has 0 saturated carbocycles. The molecule has 0 aliphatic heterocycles. The SMILES string of the molecule is Cc1[nH]c(=O)[nH]c(=O)c1NC(=O)[C@@H](C)Oc1ccccc1Br. The minimum atomic E-state index is -0.829. The van der Waals surface area contributed by atoms with Crippen molar-refractivity contribution in [1.29, 1.82) is 0 Å². The van der Waals surface area contributed by atoms with E-state index in [1.807, 2.05) is 6.07 Å². The fourth-order valence-corrected chi connectivity index (χ4v) is 2.14. The van der Waals surface area contributed by atoms with Crippen LogP contribution >= 0.6 is 15.9 Å². The summed E-state index contributed by atoms with van der Waals surface area (Å²) in [5, 5.41) is 2.45. The second-order valence-electron chi connectivity index (χ2n) is 4.59.